The summed E-state index contributed by atoms with van der Waals surface area (Å²) >= 11 is 0. The third-order valence-corrected chi connectivity index (χ3v) is 5.59. The third kappa shape index (κ3) is 3.59. The average Bonchev–Trinajstić information content (AvgIpc) is 2.48. The maximum absolute atomic E-state index is 12.9. The second-order valence-electron chi connectivity index (χ2n) is 5.00. The van der Waals surface area contributed by atoms with E-state index in [4.69, 9.17) is 0 Å². The lowest BCUT2D eigenvalue weighted by molar-refractivity contribution is -0.141. The number of piperidine rings is 1. The summed E-state index contributed by atoms with van der Waals surface area (Å²) in [6.07, 6.45) is 2.28. The topological polar surface area (TPSA) is 63.7 Å². The van der Waals surface area contributed by atoms with Gasteiger partial charge < -0.3 is 4.74 Å². The number of sulfonamides is 1. The SMILES string of the molecule is COC(=O)CC1CCCCN1S(=O)(=O)c1ccc(F)cc1. The summed E-state index contributed by atoms with van der Waals surface area (Å²) in [7, 11) is -2.44. The van der Waals surface area contributed by atoms with Crippen molar-refractivity contribution in [1.82, 2.24) is 4.31 Å². The van der Waals surface area contributed by atoms with Crippen molar-refractivity contribution < 1.29 is 22.3 Å². The van der Waals surface area contributed by atoms with Gasteiger partial charge >= 0.3 is 5.97 Å². The van der Waals surface area contributed by atoms with Crippen molar-refractivity contribution >= 4 is 16.0 Å². The van der Waals surface area contributed by atoms with Crippen LogP contribution in [0.3, 0.4) is 0 Å². The Morgan fingerprint density at radius 2 is 2.00 bits per heavy atom. The molecule has 1 aromatic rings. The van der Waals surface area contributed by atoms with Crippen molar-refractivity contribution in [2.24, 2.45) is 0 Å². The van der Waals surface area contributed by atoms with Gasteiger partial charge in [-0.25, -0.2) is 12.8 Å². The van der Waals surface area contributed by atoms with E-state index in [1.165, 1.54) is 23.5 Å². The molecule has 2 rings (SSSR count). The lowest BCUT2D eigenvalue weighted by Crippen LogP contribution is -2.44. The molecule has 7 heteroatoms. The molecule has 5 nitrogen and oxygen atoms in total. The van der Waals surface area contributed by atoms with Crippen molar-refractivity contribution in [3.63, 3.8) is 0 Å². The minimum Gasteiger partial charge on any atom is -0.469 e. The number of methoxy groups -OCH3 is 1. The maximum Gasteiger partial charge on any atom is 0.307 e. The normalized spacial score (nSPS) is 20.2. The molecule has 0 radical (unpaired) electrons. The number of rotatable bonds is 4. The van der Waals surface area contributed by atoms with E-state index in [0.717, 1.165) is 25.0 Å². The number of carbonyl (C=O) groups is 1. The van der Waals surface area contributed by atoms with Crippen LogP contribution in [0.2, 0.25) is 0 Å². The molecule has 1 atom stereocenters. The molecule has 0 spiro atoms. The van der Waals surface area contributed by atoms with Gasteiger partial charge in [0, 0.05) is 12.6 Å². The van der Waals surface area contributed by atoms with Crippen LogP contribution in [0.4, 0.5) is 4.39 Å². The van der Waals surface area contributed by atoms with Crippen LogP contribution in [0.25, 0.3) is 0 Å². The Bertz CT molecular complexity index is 600. The van der Waals surface area contributed by atoms with E-state index in [2.05, 4.69) is 4.74 Å². The van der Waals surface area contributed by atoms with E-state index < -0.39 is 27.9 Å². The first-order valence-corrected chi connectivity index (χ1v) is 8.23. The van der Waals surface area contributed by atoms with E-state index >= 15 is 0 Å². The Kier molecular flexibility index (Phi) is 4.95. The minimum atomic E-state index is -3.72. The lowest BCUT2D eigenvalue weighted by atomic mass is 10.0. The number of ether oxygens (including phenoxy) is 1. The summed E-state index contributed by atoms with van der Waals surface area (Å²) in [6, 6.07) is 4.32. The second kappa shape index (κ2) is 6.53. The first kappa shape index (κ1) is 15.9. The number of nitrogens with zero attached hydrogens (tertiary/aromatic N) is 1. The van der Waals surface area contributed by atoms with Gasteiger partial charge in [-0.3, -0.25) is 4.79 Å². The highest BCUT2D eigenvalue weighted by Crippen LogP contribution is 2.27. The van der Waals surface area contributed by atoms with Gasteiger partial charge in [0.1, 0.15) is 5.82 Å². The molecule has 1 saturated heterocycles. The maximum atomic E-state index is 12.9. The number of hydrogen-bond donors (Lipinski definition) is 0. The standard InChI is InChI=1S/C14H18FNO4S/c1-20-14(17)10-12-4-2-3-9-16(12)21(18,19)13-7-5-11(15)6-8-13/h5-8,12H,2-4,9-10H2,1H3. The van der Waals surface area contributed by atoms with Gasteiger partial charge in [0.25, 0.3) is 0 Å². The molecule has 1 aromatic carbocycles. The largest absolute Gasteiger partial charge is 0.469 e. The molecule has 1 aliphatic rings. The average molecular weight is 315 g/mol. The lowest BCUT2D eigenvalue weighted by Gasteiger charge is -2.34. The molecule has 0 aromatic heterocycles. The Balaban J connectivity index is 2.27. The van der Waals surface area contributed by atoms with Gasteiger partial charge in [0.2, 0.25) is 10.0 Å². The second-order valence-corrected chi connectivity index (χ2v) is 6.89. The molecule has 21 heavy (non-hydrogen) atoms. The number of hydrogen-bond acceptors (Lipinski definition) is 4. The molecule has 0 N–H and O–H groups in total. The van der Waals surface area contributed by atoms with Crippen LogP contribution in [0.15, 0.2) is 29.2 Å². The molecule has 0 saturated carbocycles. The molecule has 0 amide bonds. The first-order chi connectivity index (χ1) is 9.95. The molecule has 1 unspecified atom stereocenters. The number of carbonyl (C=O) groups excluding carboxylic acids is 1. The summed E-state index contributed by atoms with van der Waals surface area (Å²) in [5.74, 6) is -0.917. The molecule has 0 aliphatic carbocycles. The van der Waals surface area contributed by atoms with Gasteiger partial charge in [-0.15, -0.1) is 0 Å². The van der Waals surface area contributed by atoms with Crippen LogP contribution in [-0.4, -0.2) is 38.4 Å². The van der Waals surface area contributed by atoms with E-state index in [1.54, 1.807) is 0 Å². The summed E-state index contributed by atoms with van der Waals surface area (Å²) < 4.78 is 44.2. The highest BCUT2D eigenvalue weighted by Gasteiger charge is 2.34. The summed E-state index contributed by atoms with van der Waals surface area (Å²) in [4.78, 5) is 11.5. The van der Waals surface area contributed by atoms with Crippen molar-refractivity contribution in [2.45, 2.75) is 36.6 Å². The zero-order valence-electron chi connectivity index (χ0n) is 11.8. The van der Waals surface area contributed by atoms with E-state index in [1.807, 2.05) is 0 Å². The summed E-state index contributed by atoms with van der Waals surface area (Å²) in [6.45, 7) is 0.362. The Labute approximate surface area is 123 Å². The van der Waals surface area contributed by atoms with E-state index in [0.29, 0.717) is 13.0 Å². The van der Waals surface area contributed by atoms with Crippen LogP contribution in [0.5, 0.6) is 0 Å². The molecule has 1 fully saturated rings. The highest BCUT2D eigenvalue weighted by atomic mass is 32.2. The Hall–Kier alpha value is -1.47. The third-order valence-electron chi connectivity index (χ3n) is 3.62. The molecule has 1 aliphatic heterocycles. The van der Waals surface area contributed by atoms with Gasteiger partial charge in [-0.2, -0.15) is 4.31 Å². The van der Waals surface area contributed by atoms with Crippen molar-refractivity contribution in [2.75, 3.05) is 13.7 Å². The highest BCUT2D eigenvalue weighted by molar-refractivity contribution is 7.89. The first-order valence-electron chi connectivity index (χ1n) is 6.79. The van der Waals surface area contributed by atoms with Crippen LogP contribution in [-0.2, 0) is 19.6 Å². The van der Waals surface area contributed by atoms with E-state index in [9.17, 15) is 17.6 Å². The van der Waals surface area contributed by atoms with Crippen molar-refractivity contribution in [3.8, 4) is 0 Å². The predicted molar refractivity (Wildman–Crippen MR) is 74.6 cm³/mol. The zero-order chi connectivity index (χ0) is 15.5. The molecule has 0 bridgehead atoms. The Morgan fingerprint density at radius 1 is 1.33 bits per heavy atom. The minimum absolute atomic E-state index is 0.0386. The predicted octanol–water partition coefficient (Wildman–Crippen LogP) is 1.93. The van der Waals surface area contributed by atoms with E-state index in [-0.39, 0.29) is 11.3 Å². The van der Waals surface area contributed by atoms with Gasteiger partial charge in [-0.1, -0.05) is 6.42 Å². The van der Waals surface area contributed by atoms with Crippen LogP contribution >= 0.6 is 0 Å². The fourth-order valence-corrected chi connectivity index (χ4v) is 4.20. The molecule has 1 heterocycles. The summed E-state index contributed by atoms with van der Waals surface area (Å²) in [5, 5.41) is 0. The molecular formula is C14H18FNO4S. The smallest absolute Gasteiger partial charge is 0.307 e. The van der Waals surface area contributed by atoms with Crippen LogP contribution in [0, 0.1) is 5.82 Å². The Morgan fingerprint density at radius 3 is 2.62 bits per heavy atom. The monoisotopic (exact) mass is 315 g/mol. The van der Waals surface area contributed by atoms with Crippen LogP contribution in [0.1, 0.15) is 25.7 Å². The zero-order valence-corrected chi connectivity index (χ0v) is 12.6. The number of benzene rings is 1. The fraction of sp³-hybridized carbons (Fsp3) is 0.500. The van der Waals surface area contributed by atoms with Gasteiger partial charge in [-0.05, 0) is 37.1 Å². The van der Waals surface area contributed by atoms with Gasteiger partial charge in [0.15, 0.2) is 0 Å². The fourth-order valence-electron chi connectivity index (χ4n) is 2.51. The van der Waals surface area contributed by atoms with Crippen molar-refractivity contribution in [1.29, 1.82) is 0 Å². The number of esters is 1. The van der Waals surface area contributed by atoms with Crippen LogP contribution < -0.4 is 0 Å². The quantitative estimate of drug-likeness (QED) is 0.797. The number of halogens is 1. The van der Waals surface area contributed by atoms with Crippen molar-refractivity contribution in [3.05, 3.63) is 30.1 Å². The van der Waals surface area contributed by atoms with Gasteiger partial charge in [0.05, 0.1) is 18.4 Å². The summed E-state index contributed by atoms with van der Waals surface area (Å²) in [5.41, 5.74) is 0. The molecular weight excluding hydrogens is 297 g/mol. The molecule has 116 valence electrons.